The van der Waals surface area contributed by atoms with E-state index < -0.39 is 36.0 Å². The van der Waals surface area contributed by atoms with Gasteiger partial charge < -0.3 is 54.2 Å². The second-order valence-electron chi connectivity index (χ2n) is 9.66. The van der Waals surface area contributed by atoms with Crippen LogP contribution in [0.2, 0.25) is 0 Å². The molecule has 0 aromatic carbocycles. The Labute approximate surface area is 248 Å². The van der Waals surface area contributed by atoms with E-state index in [4.69, 9.17) is 49.4 Å². The van der Waals surface area contributed by atoms with E-state index in [1.54, 1.807) is 57.0 Å². The van der Waals surface area contributed by atoms with E-state index >= 15 is 0 Å². The summed E-state index contributed by atoms with van der Waals surface area (Å²) in [5.74, 6) is -2.40. The summed E-state index contributed by atoms with van der Waals surface area (Å²) in [4.78, 5) is 44.5. The molecular formula is C24H54N12O6. The lowest BCUT2D eigenvalue weighted by molar-refractivity contribution is -0.143. The van der Waals surface area contributed by atoms with E-state index in [1.807, 2.05) is 0 Å². The van der Waals surface area contributed by atoms with Crippen LogP contribution in [0.5, 0.6) is 0 Å². The number of guanidine groups is 3. The molecule has 0 spiro atoms. The third kappa shape index (κ3) is 25.1. The highest BCUT2D eigenvalue weighted by Gasteiger charge is 2.19. The van der Waals surface area contributed by atoms with Crippen LogP contribution in [0.1, 0.15) is 38.5 Å². The molecule has 0 aromatic rings. The molecule has 0 bridgehead atoms. The van der Waals surface area contributed by atoms with Crippen molar-refractivity contribution in [2.24, 2.45) is 38.7 Å². The molecule has 246 valence electrons. The maximum Gasteiger partial charge on any atom is 0.320 e. The molecule has 0 heterocycles. The number of hydrogen-bond acceptors (Lipinski definition) is 9. The Morgan fingerprint density at radius 1 is 0.714 bits per heavy atom. The first-order chi connectivity index (χ1) is 19.4. The molecule has 0 fully saturated rings. The zero-order valence-corrected chi connectivity index (χ0v) is 25.8. The van der Waals surface area contributed by atoms with Crippen molar-refractivity contribution in [2.45, 2.75) is 56.7 Å². The van der Waals surface area contributed by atoms with Gasteiger partial charge >= 0.3 is 17.9 Å². The maximum absolute atomic E-state index is 10.8. The second-order valence-corrected chi connectivity index (χ2v) is 9.66. The fraction of sp³-hybridized carbons (Fsp3) is 0.750. The van der Waals surface area contributed by atoms with Gasteiger partial charge in [-0.15, -0.1) is 0 Å². The van der Waals surface area contributed by atoms with Gasteiger partial charge in [-0.3, -0.25) is 39.6 Å². The van der Waals surface area contributed by atoms with Crippen LogP contribution in [-0.4, -0.2) is 146 Å². The first-order valence-electron chi connectivity index (χ1n) is 13.2. The van der Waals surface area contributed by atoms with E-state index in [2.05, 4.69) is 15.3 Å². The van der Waals surface area contributed by atoms with Gasteiger partial charge in [-0.25, -0.2) is 0 Å². The zero-order chi connectivity index (χ0) is 33.4. The van der Waals surface area contributed by atoms with E-state index in [0.29, 0.717) is 58.2 Å². The number of hydrogen-bond donors (Lipinski definition) is 10. The van der Waals surface area contributed by atoms with Gasteiger partial charge in [0, 0.05) is 26.7 Å². The van der Waals surface area contributed by atoms with Crippen molar-refractivity contribution in [3.05, 3.63) is 0 Å². The number of carboxylic acid groups (broad SMARTS) is 3. The molecule has 0 amide bonds. The van der Waals surface area contributed by atoms with Crippen molar-refractivity contribution in [1.82, 2.24) is 20.0 Å². The van der Waals surface area contributed by atoms with Crippen LogP contribution < -0.4 is 34.0 Å². The number of carboxylic acids is 3. The third-order valence-electron chi connectivity index (χ3n) is 5.72. The smallest absolute Gasteiger partial charge is 0.320 e. The van der Waals surface area contributed by atoms with Crippen LogP contribution in [0.3, 0.4) is 0 Å². The van der Waals surface area contributed by atoms with Crippen molar-refractivity contribution in [2.75, 3.05) is 61.9 Å². The number of nitrogens with two attached hydrogens (primary N) is 5. The highest BCUT2D eigenvalue weighted by molar-refractivity contribution is 5.76. The van der Waals surface area contributed by atoms with Crippen LogP contribution >= 0.6 is 0 Å². The van der Waals surface area contributed by atoms with Crippen LogP contribution in [-0.2, 0) is 14.4 Å². The van der Waals surface area contributed by atoms with Crippen LogP contribution in [0.4, 0.5) is 0 Å². The average Bonchev–Trinajstić information content (AvgIpc) is 2.85. The minimum atomic E-state index is -0.854. The summed E-state index contributed by atoms with van der Waals surface area (Å²) < 4.78 is 0. The molecule has 0 aliphatic carbocycles. The third-order valence-corrected chi connectivity index (χ3v) is 5.72. The lowest BCUT2D eigenvalue weighted by atomic mass is 10.1. The predicted octanol–water partition coefficient (Wildman–Crippen LogP) is -2.63. The number of rotatable bonds is 18. The Bertz CT molecular complexity index is 846. The number of aliphatic imine (C=N–C) groups is 2. The molecule has 18 nitrogen and oxygen atoms in total. The summed E-state index contributed by atoms with van der Waals surface area (Å²) in [5.41, 5.74) is 25.7. The predicted molar refractivity (Wildman–Crippen MR) is 164 cm³/mol. The fourth-order valence-electron chi connectivity index (χ4n) is 3.24. The molecule has 3 atom stereocenters. The standard InChI is InChI=1S/C9H20N4O2.C8H18N4O2.C7H16N4O2/c1-12(2)7(8(14)15)5-4-6-13(3)9(10)11;1-12(2)6(7(13)14)4-3-5-11-8(9)10;1-10-5(6(12)13)3-2-4-11-7(8)9/h7H,4-6H2,1-3H3,(H3,10,11)(H,14,15);6H,3-5H2,1-2H3,(H,13,14)(H4,9,10,11);5,10H,2-4H2,1H3,(H,12,13)(H4,8,9,11)/t7-;6-;5-/m000/s1. The summed E-state index contributed by atoms with van der Waals surface area (Å²) >= 11 is 0. The molecule has 15 N–H and O–H groups in total. The molecule has 0 saturated heterocycles. The van der Waals surface area contributed by atoms with Gasteiger partial charge in [-0.2, -0.15) is 0 Å². The number of carbonyl (C=O) groups is 3. The number of nitrogens with zero attached hydrogens (tertiary/aromatic N) is 5. The van der Waals surface area contributed by atoms with Crippen molar-refractivity contribution in [1.29, 1.82) is 5.41 Å². The Hall–Kier alpha value is -3.90. The zero-order valence-electron chi connectivity index (χ0n) is 25.8. The van der Waals surface area contributed by atoms with Crippen molar-refractivity contribution >= 4 is 35.8 Å². The maximum atomic E-state index is 10.8. The SMILES string of the molecule is CN(C)[C@@H](CCCN=C(N)N)C(=O)O.CN(CCC[C@@H](C(=O)O)N(C)C)C(=N)N.CN[C@@H](CCCN=C(N)N)C(=O)O. The summed E-state index contributed by atoms with van der Waals surface area (Å²) in [5, 5.41) is 36.2. The molecule has 18 heteroatoms. The number of aliphatic carboxylic acids is 3. The minimum absolute atomic E-state index is 0.00623. The molecule has 42 heavy (non-hydrogen) atoms. The molecule has 0 radical (unpaired) electrons. The van der Waals surface area contributed by atoms with Crippen molar-refractivity contribution in [3.63, 3.8) is 0 Å². The molecular weight excluding hydrogens is 552 g/mol. The molecule has 0 aliphatic heterocycles. The van der Waals surface area contributed by atoms with E-state index in [9.17, 15) is 14.4 Å². The number of likely N-dealkylation sites (N-methyl/N-ethyl adjacent to an activating group) is 3. The van der Waals surface area contributed by atoms with E-state index in [0.717, 1.165) is 0 Å². The number of nitrogens with one attached hydrogen (secondary N) is 2. The lowest BCUT2D eigenvalue weighted by Gasteiger charge is -2.22. The quantitative estimate of drug-likeness (QED) is 0.0433. The first-order valence-corrected chi connectivity index (χ1v) is 13.2. The average molecular weight is 607 g/mol. The van der Waals surface area contributed by atoms with Crippen molar-refractivity contribution < 1.29 is 29.7 Å². The van der Waals surface area contributed by atoms with Crippen LogP contribution in [0, 0.1) is 5.41 Å². The van der Waals surface area contributed by atoms with E-state index in [1.165, 1.54) is 0 Å². The lowest BCUT2D eigenvalue weighted by Crippen LogP contribution is -2.37. The van der Waals surface area contributed by atoms with Gasteiger partial charge in [0.05, 0.1) is 0 Å². The summed E-state index contributed by atoms with van der Waals surface area (Å²) in [6.07, 6.45) is 3.62. The topological polar surface area (TPSA) is 312 Å². The molecule has 0 aromatic heterocycles. The van der Waals surface area contributed by atoms with Gasteiger partial charge in [0.25, 0.3) is 0 Å². The molecule has 0 saturated carbocycles. The van der Waals surface area contributed by atoms with Gasteiger partial charge in [0.2, 0.25) is 0 Å². The first kappa shape index (κ1) is 42.6. The Balaban J connectivity index is -0.000000545. The van der Waals surface area contributed by atoms with Crippen molar-refractivity contribution in [3.8, 4) is 0 Å². The summed E-state index contributed by atoms with van der Waals surface area (Å²) in [6, 6.07) is -1.45. The molecule has 0 unspecified atom stereocenters. The molecule has 0 aliphatic rings. The monoisotopic (exact) mass is 606 g/mol. The van der Waals surface area contributed by atoms with Crippen LogP contribution in [0.15, 0.2) is 9.98 Å². The second kappa shape index (κ2) is 24.9. The Morgan fingerprint density at radius 2 is 1.10 bits per heavy atom. The normalized spacial score (nSPS) is 12.4. The fourth-order valence-corrected chi connectivity index (χ4v) is 3.24. The molecule has 0 rings (SSSR count). The minimum Gasteiger partial charge on any atom is -0.480 e. The van der Waals surface area contributed by atoms with E-state index in [-0.39, 0.29) is 17.9 Å². The largest absolute Gasteiger partial charge is 0.480 e. The van der Waals surface area contributed by atoms with Gasteiger partial charge in [0.15, 0.2) is 17.9 Å². The van der Waals surface area contributed by atoms with Crippen LogP contribution in [0.25, 0.3) is 0 Å². The van der Waals surface area contributed by atoms with Gasteiger partial charge in [0.1, 0.15) is 18.1 Å². The summed E-state index contributed by atoms with van der Waals surface area (Å²) in [6.45, 7) is 1.54. The van der Waals surface area contributed by atoms with Gasteiger partial charge in [-0.1, -0.05) is 0 Å². The van der Waals surface area contributed by atoms with Gasteiger partial charge in [-0.05, 0) is 73.8 Å². The summed E-state index contributed by atoms with van der Waals surface area (Å²) in [7, 11) is 10.3. The highest BCUT2D eigenvalue weighted by Crippen LogP contribution is 2.05. The Kier molecular flexibility index (Phi) is 25.2. The Morgan fingerprint density at radius 3 is 1.38 bits per heavy atom. The highest BCUT2D eigenvalue weighted by atomic mass is 16.4.